The lowest BCUT2D eigenvalue weighted by molar-refractivity contribution is 0.303. The second kappa shape index (κ2) is 9.13. The van der Waals surface area contributed by atoms with Crippen molar-refractivity contribution in [3.8, 4) is 28.7 Å². The number of hydrogen-bond donors (Lipinski definition) is 0. The molecule has 0 unspecified atom stereocenters. The molecule has 6 nitrogen and oxygen atoms in total. The third-order valence-electron chi connectivity index (χ3n) is 4.63. The van der Waals surface area contributed by atoms with Crippen molar-refractivity contribution in [2.24, 2.45) is 0 Å². The summed E-state index contributed by atoms with van der Waals surface area (Å²) >= 11 is 0. The molecule has 3 aromatic carbocycles. The van der Waals surface area contributed by atoms with Crippen molar-refractivity contribution in [1.82, 2.24) is 10.2 Å². The van der Waals surface area contributed by atoms with Gasteiger partial charge in [-0.05, 0) is 47.5 Å². The monoisotopic (exact) mass is 402 g/mol. The molecule has 152 valence electrons. The van der Waals surface area contributed by atoms with Gasteiger partial charge in [0.25, 0.3) is 0 Å². The first-order valence-electron chi connectivity index (χ1n) is 9.55. The first kappa shape index (κ1) is 19.5. The van der Waals surface area contributed by atoms with Crippen LogP contribution in [-0.2, 0) is 13.0 Å². The van der Waals surface area contributed by atoms with E-state index in [0.29, 0.717) is 24.8 Å². The third kappa shape index (κ3) is 4.78. The first-order chi connectivity index (χ1) is 14.7. The summed E-state index contributed by atoms with van der Waals surface area (Å²) in [5.74, 6) is 3.42. The third-order valence-corrected chi connectivity index (χ3v) is 4.63. The fourth-order valence-electron chi connectivity index (χ4n) is 2.96. The van der Waals surface area contributed by atoms with Crippen LogP contribution in [0.4, 0.5) is 0 Å². The molecule has 0 amide bonds. The van der Waals surface area contributed by atoms with E-state index in [9.17, 15) is 0 Å². The maximum absolute atomic E-state index is 5.83. The molecule has 1 aromatic heterocycles. The largest absolute Gasteiger partial charge is 0.497 e. The topological polar surface area (TPSA) is 66.6 Å². The second-order valence-electron chi connectivity index (χ2n) is 6.69. The predicted octanol–water partition coefficient (Wildman–Crippen LogP) is 4.92. The first-order valence-corrected chi connectivity index (χ1v) is 9.55. The van der Waals surface area contributed by atoms with Crippen LogP contribution >= 0.6 is 0 Å². The van der Waals surface area contributed by atoms with Crippen LogP contribution in [0.1, 0.15) is 17.0 Å². The smallest absolute Gasteiger partial charge is 0.247 e. The van der Waals surface area contributed by atoms with Crippen LogP contribution in [0.5, 0.6) is 17.2 Å². The normalized spacial score (nSPS) is 10.6. The van der Waals surface area contributed by atoms with Gasteiger partial charge in [-0.1, -0.05) is 30.3 Å². The molecule has 0 aliphatic rings. The van der Waals surface area contributed by atoms with Gasteiger partial charge in [-0.15, -0.1) is 10.2 Å². The summed E-state index contributed by atoms with van der Waals surface area (Å²) in [5.41, 5.74) is 2.99. The van der Waals surface area contributed by atoms with Crippen LogP contribution < -0.4 is 14.2 Å². The van der Waals surface area contributed by atoms with Crippen molar-refractivity contribution in [2.45, 2.75) is 13.0 Å². The molecule has 0 saturated heterocycles. The summed E-state index contributed by atoms with van der Waals surface area (Å²) in [7, 11) is 3.29. The van der Waals surface area contributed by atoms with Crippen LogP contribution in [-0.4, -0.2) is 24.4 Å². The zero-order valence-corrected chi connectivity index (χ0v) is 16.9. The lowest BCUT2D eigenvalue weighted by Gasteiger charge is -2.08. The number of rotatable bonds is 8. The fourth-order valence-corrected chi connectivity index (χ4v) is 2.96. The Morgan fingerprint density at radius 3 is 2.17 bits per heavy atom. The number of methoxy groups -OCH3 is 2. The molecule has 4 aromatic rings. The minimum absolute atomic E-state index is 0.458. The van der Waals surface area contributed by atoms with Crippen molar-refractivity contribution >= 4 is 0 Å². The molecule has 0 saturated carbocycles. The van der Waals surface area contributed by atoms with Crippen molar-refractivity contribution in [3.63, 3.8) is 0 Å². The molecule has 0 bridgehead atoms. The summed E-state index contributed by atoms with van der Waals surface area (Å²) in [5, 5.41) is 8.33. The Morgan fingerprint density at radius 1 is 0.733 bits per heavy atom. The highest BCUT2D eigenvalue weighted by atomic mass is 16.5. The minimum Gasteiger partial charge on any atom is -0.497 e. The number of ether oxygens (including phenoxy) is 3. The molecule has 0 aliphatic carbocycles. The highest BCUT2D eigenvalue weighted by Crippen LogP contribution is 2.23. The van der Waals surface area contributed by atoms with Crippen LogP contribution in [0.25, 0.3) is 11.5 Å². The summed E-state index contributed by atoms with van der Waals surface area (Å²) in [6.45, 7) is 0.458. The molecular formula is C24H22N2O4. The van der Waals surface area contributed by atoms with Gasteiger partial charge in [0.05, 0.1) is 20.6 Å². The summed E-state index contributed by atoms with van der Waals surface area (Å²) in [6, 6.07) is 23.2. The van der Waals surface area contributed by atoms with Crippen molar-refractivity contribution in [2.75, 3.05) is 14.2 Å². The Bertz CT molecular complexity index is 1090. The van der Waals surface area contributed by atoms with Gasteiger partial charge in [-0.2, -0.15) is 0 Å². The molecular weight excluding hydrogens is 380 g/mol. The van der Waals surface area contributed by atoms with E-state index in [-0.39, 0.29) is 0 Å². The second-order valence-corrected chi connectivity index (χ2v) is 6.69. The Hall–Kier alpha value is -3.80. The maximum atomic E-state index is 5.83. The molecule has 0 spiro atoms. The molecule has 0 atom stereocenters. The Morgan fingerprint density at radius 2 is 1.43 bits per heavy atom. The molecule has 0 radical (unpaired) electrons. The van der Waals surface area contributed by atoms with E-state index in [1.807, 2.05) is 72.8 Å². The van der Waals surface area contributed by atoms with Crippen molar-refractivity contribution < 1.29 is 18.6 Å². The average Bonchev–Trinajstić information content (AvgIpc) is 3.27. The van der Waals surface area contributed by atoms with Crippen molar-refractivity contribution in [3.05, 3.63) is 89.8 Å². The Kier molecular flexibility index (Phi) is 5.94. The van der Waals surface area contributed by atoms with E-state index in [1.165, 1.54) is 0 Å². The van der Waals surface area contributed by atoms with E-state index in [2.05, 4.69) is 10.2 Å². The van der Waals surface area contributed by atoms with Gasteiger partial charge < -0.3 is 18.6 Å². The molecule has 0 N–H and O–H groups in total. The van der Waals surface area contributed by atoms with Gasteiger partial charge in [0.15, 0.2) is 0 Å². The predicted molar refractivity (Wildman–Crippen MR) is 113 cm³/mol. The van der Waals surface area contributed by atoms with E-state index >= 15 is 0 Å². The number of hydrogen-bond acceptors (Lipinski definition) is 6. The molecule has 6 heteroatoms. The summed E-state index contributed by atoms with van der Waals surface area (Å²) in [6.07, 6.45) is 0.573. The summed E-state index contributed by atoms with van der Waals surface area (Å²) in [4.78, 5) is 0. The van der Waals surface area contributed by atoms with E-state index in [1.54, 1.807) is 14.2 Å². The summed E-state index contributed by atoms with van der Waals surface area (Å²) < 4.78 is 22.0. The zero-order valence-electron chi connectivity index (χ0n) is 16.9. The van der Waals surface area contributed by atoms with E-state index in [4.69, 9.17) is 18.6 Å². The SMILES string of the molecule is COc1ccc(Cc2nnc(-c3ccc(COc4cccc(OC)c4)cc3)o2)cc1. The number of nitrogens with zero attached hydrogens (tertiary/aromatic N) is 2. The highest BCUT2D eigenvalue weighted by Gasteiger charge is 2.10. The fraction of sp³-hybridized carbons (Fsp3) is 0.167. The number of aromatic nitrogens is 2. The Labute approximate surface area is 175 Å². The van der Waals surface area contributed by atoms with Crippen LogP contribution in [0, 0.1) is 0 Å². The lowest BCUT2D eigenvalue weighted by atomic mass is 10.1. The van der Waals surface area contributed by atoms with Crippen LogP contribution in [0.2, 0.25) is 0 Å². The van der Waals surface area contributed by atoms with Crippen LogP contribution in [0.3, 0.4) is 0 Å². The number of benzene rings is 3. The molecule has 0 fully saturated rings. The standard InChI is InChI=1S/C24H22N2O4/c1-27-20-12-8-17(9-13-20)14-23-25-26-24(30-23)19-10-6-18(7-11-19)16-29-22-5-3-4-21(15-22)28-2/h3-13,15H,14,16H2,1-2H3. The lowest BCUT2D eigenvalue weighted by Crippen LogP contribution is -1.95. The quantitative estimate of drug-likeness (QED) is 0.417. The van der Waals surface area contributed by atoms with Gasteiger partial charge in [0.1, 0.15) is 23.9 Å². The molecule has 30 heavy (non-hydrogen) atoms. The molecule has 0 aliphatic heterocycles. The maximum Gasteiger partial charge on any atom is 0.247 e. The minimum atomic E-state index is 0.458. The van der Waals surface area contributed by atoms with E-state index < -0.39 is 0 Å². The Balaban J connectivity index is 1.37. The molecule has 4 rings (SSSR count). The average molecular weight is 402 g/mol. The van der Waals surface area contributed by atoms with Gasteiger partial charge in [-0.3, -0.25) is 0 Å². The van der Waals surface area contributed by atoms with Gasteiger partial charge in [-0.25, -0.2) is 0 Å². The zero-order chi connectivity index (χ0) is 20.8. The highest BCUT2D eigenvalue weighted by molar-refractivity contribution is 5.53. The van der Waals surface area contributed by atoms with Gasteiger partial charge in [0.2, 0.25) is 11.8 Å². The molecule has 1 heterocycles. The van der Waals surface area contributed by atoms with Gasteiger partial charge in [0, 0.05) is 11.6 Å². The van der Waals surface area contributed by atoms with Gasteiger partial charge >= 0.3 is 0 Å². The van der Waals surface area contributed by atoms with Crippen molar-refractivity contribution in [1.29, 1.82) is 0 Å². The van der Waals surface area contributed by atoms with E-state index in [0.717, 1.165) is 33.9 Å². The van der Waals surface area contributed by atoms with Crippen LogP contribution in [0.15, 0.2) is 77.2 Å².